The summed E-state index contributed by atoms with van der Waals surface area (Å²) < 4.78 is 7.49. The lowest BCUT2D eigenvalue weighted by molar-refractivity contribution is 0.0977. The van der Waals surface area contributed by atoms with Crippen molar-refractivity contribution in [2.45, 2.75) is 47.6 Å². The van der Waals surface area contributed by atoms with Gasteiger partial charge in [-0.3, -0.25) is 19.8 Å². The molecule has 1 heterocycles. The van der Waals surface area contributed by atoms with E-state index >= 15 is 0 Å². The molecule has 1 aromatic heterocycles. The summed E-state index contributed by atoms with van der Waals surface area (Å²) in [7, 11) is 1.62. The maximum absolute atomic E-state index is 12.9. The summed E-state index contributed by atoms with van der Waals surface area (Å²) in [5.74, 6) is 0.829. The molecule has 2 N–H and O–H groups in total. The first-order valence-corrected chi connectivity index (χ1v) is 11.2. The van der Waals surface area contributed by atoms with Gasteiger partial charge in [-0.2, -0.15) is 5.10 Å². The van der Waals surface area contributed by atoms with Crippen molar-refractivity contribution < 1.29 is 9.53 Å². The minimum Gasteiger partial charge on any atom is -0.495 e. The summed E-state index contributed by atoms with van der Waals surface area (Å²) >= 11 is 0. The van der Waals surface area contributed by atoms with Gasteiger partial charge < -0.3 is 10.1 Å². The summed E-state index contributed by atoms with van der Waals surface area (Å²) in [6.07, 6.45) is 0.730. The fourth-order valence-electron chi connectivity index (χ4n) is 3.73. The number of anilines is 1. The Kier molecular flexibility index (Phi) is 7.87. The molecule has 0 unspecified atom stereocenters. The molecule has 33 heavy (non-hydrogen) atoms. The quantitative estimate of drug-likeness (QED) is 0.410. The van der Waals surface area contributed by atoms with Crippen molar-refractivity contribution >= 4 is 17.6 Å². The van der Waals surface area contributed by atoms with Crippen LogP contribution in [0.1, 0.15) is 45.4 Å². The van der Waals surface area contributed by atoms with Crippen LogP contribution in [0.25, 0.3) is 0 Å². The van der Waals surface area contributed by atoms with Gasteiger partial charge in [0.2, 0.25) is 5.96 Å². The number of amides is 1. The second kappa shape index (κ2) is 10.8. The van der Waals surface area contributed by atoms with E-state index in [0.717, 1.165) is 41.2 Å². The Labute approximate surface area is 195 Å². The Morgan fingerprint density at radius 1 is 1.06 bits per heavy atom. The molecule has 0 aliphatic heterocycles. The van der Waals surface area contributed by atoms with Gasteiger partial charge in [0, 0.05) is 24.3 Å². The van der Waals surface area contributed by atoms with E-state index in [1.807, 2.05) is 55.8 Å². The highest BCUT2D eigenvalue weighted by atomic mass is 16.5. The third kappa shape index (κ3) is 6.00. The number of hydrogen-bond donors (Lipinski definition) is 2. The number of guanidine groups is 1. The van der Waals surface area contributed by atoms with E-state index in [9.17, 15) is 4.79 Å². The number of nitrogens with one attached hydrogen (secondary N) is 2. The minimum absolute atomic E-state index is 0.223. The van der Waals surface area contributed by atoms with Crippen LogP contribution >= 0.6 is 0 Å². The van der Waals surface area contributed by atoms with Crippen LogP contribution in [0.15, 0.2) is 47.5 Å². The Balaban J connectivity index is 1.84. The van der Waals surface area contributed by atoms with Crippen LogP contribution in [-0.4, -0.2) is 35.3 Å². The van der Waals surface area contributed by atoms with Gasteiger partial charge in [-0.25, -0.2) is 0 Å². The topological polar surface area (TPSA) is 80.5 Å². The van der Waals surface area contributed by atoms with E-state index < -0.39 is 0 Å². The minimum atomic E-state index is -0.223. The van der Waals surface area contributed by atoms with E-state index in [1.54, 1.807) is 19.2 Å². The molecule has 0 aliphatic carbocycles. The van der Waals surface area contributed by atoms with Gasteiger partial charge in [0.1, 0.15) is 5.75 Å². The van der Waals surface area contributed by atoms with Crippen LogP contribution < -0.4 is 15.4 Å². The predicted octanol–water partition coefficient (Wildman–Crippen LogP) is 4.59. The van der Waals surface area contributed by atoms with Crippen molar-refractivity contribution in [3.63, 3.8) is 0 Å². The summed E-state index contributed by atoms with van der Waals surface area (Å²) in [5.41, 5.74) is 6.85. The third-order valence-electron chi connectivity index (χ3n) is 5.62. The molecule has 0 atom stereocenters. The predicted molar refractivity (Wildman–Crippen MR) is 133 cm³/mol. The lowest BCUT2D eigenvalue weighted by atomic mass is 10.1. The molecule has 7 nitrogen and oxygen atoms in total. The number of ether oxygens (including phenoxy) is 1. The second-order valence-corrected chi connectivity index (χ2v) is 8.09. The number of aliphatic imine (C=N–C) groups is 1. The maximum Gasteiger partial charge on any atom is 0.257 e. The lowest BCUT2D eigenvalue weighted by Gasteiger charge is -2.15. The van der Waals surface area contributed by atoms with Crippen molar-refractivity contribution in [2.24, 2.45) is 4.99 Å². The van der Waals surface area contributed by atoms with E-state index in [-0.39, 0.29) is 5.91 Å². The van der Waals surface area contributed by atoms with E-state index in [0.29, 0.717) is 23.8 Å². The Morgan fingerprint density at radius 2 is 1.76 bits per heavy atom. The molecule has 2 aromatic carbocycles. The van der Waals surface area contributed by atoms with E-state index in [4.69, 9.17) is 9.73 Å². The molecule has 0 saturated carbocycles. The molecule has 0 fully saturated rings. The van der Waals surface area contributed by atoms with E-state index in [2.05, 4.69) is 29.6 Å². The molecule has 0 radical (unpaired) electrons. The van der Waals surface area contributed by atoms with Gasteiger partial charge >= 0.3 is 0 Å². The summed E-state index contributed by atoms with van der Waals surface area (Å²) in [5, 5.41) is 10.8. The highest BCUT2D eigenvalue weighted by Crippen LogP contribution is 2.25. The number of carbonyl (C=O) groups excluding carboxylic acids is 1. The highest BCUT2D eigenvalue weighted by molar-refractivity contribution is 6.10. The Bertz CT molecular complexity index is 1150. The van der Waals surface area contributed by atoms with Crippen LogP contribution in [-0.2, 0) is 13.0 Å². The maximum atomic E-state index is 12.9. The standard InChI is InChI=1S/C26H33N5O2/c1-7-31-20(5)22(19(4)30-31)14-15-27-26(28-23-16-18(3)10-13-24(23)33-6)29-25(32)21-11-8-17(2)9-12-21/h8-13,16H,7,14-15H2,1-6H3,(H2,27,28,29,32). The second-order valence-electron chi connectivity index (χ2n) is 8.09. The molecular weight excluding hydrogens is 414 g/mol. The molecule has 0 bridgehead atoms. The Morgan fingerprint density at radius 3 is 2.39 bits per heavy atom. The average molecular weight is 448 g/mol. The zero-order valence-electron chi connectivity index (χ0n) is 20.3. The molecule has 3 rings (SSSR count). The van der Waals surface area contributed by atoms with Gasteiger partial charge in [0.05, 0.1) is 18.5 Å². The molecule has 174 valence electrons. The van der Waals surface area contributed by atoms with Gasteiger partial charge in [0.15, 0.2) is 0 Å². The Hall–Kier alpha value is -3.61. The van der Waals surface area contributed by atoms with Crippen LogP contribution in [0.4, 0.5) is 5.69 Å². The monoisotopic (exact) mass is 447 g/mol. The summed E-state index contributed by atoms with van der Waals surface area (Å²) in [6.45, 7) is 11.5. The van der Waals surface area contributed by atoms with Crippen molar-refractivity contribution in [3.8, 4) is 5.75 Å². The number of carbonyl (C=O) groups is 1. The SMILES string of the molecule is CCn1nc(C)c(CCN=C(NC(=O)c2ccc(C)cc2)Nc2cc(C)ccc2OC)c1C. The van der Waals surface area contributed by atoms with Crippen LogP contribution in [0.5, 0.6) is 5.75 Å². The van der Waals surface area contributed by atoms with Gasteiger partial charge in [-0.15, -0.1) is 0 Å². The molecule has 1 amide bonds. The number of nitrogens with zero attached hydrogens (tertiary/aromatic N) is 3. The zero-order valence-corrected chi connectivity index (χ0v) is 20.3. The first kappa shape index (κ1) is 24.0. The van der Waals surface area contributed by atoms with Crippen LogP contribution in [0, 0.1) is 27.7 Å². The normalized spacial score (nSPS) is 11.4. The molecule has 0 saturated heterocycles. The average Bonchev–Trinajstić information content (AvgIpc) is 3.07. The lowest BCUT2D eigenvalue weighted by Crippen LogP contribution is -2.36. The largest absolute Gasteiger partial charge is 0.495 e. The van der Waals surface area contributed by atoms with Crippen molar-refractivity contribution in [3.05, 3.63) is 76.1 Å². The molecule has 3 aromatic rings. The summed E-state index contributed by atoms with van der Waals surface area (Å²) in [4.78, 5) is 17.6. The van der Waals surface area contributed by atoms with Gasteiger partial charge in [0.25, 0.3) is 5.91 Å². The van der Waals surface area contributed by atoms with Gasteiger partial charge in [-0.05, 0) is 76.4 Å². The number of aromatic nitrogens is 2. The molecule has 7 heteroatoms. The number of aryl methyl sites for hydroxylation is 4. The first-order valence-electron chi connectivity index (χ1n) is 11.2. The summed E-state index contributed by atoms with van der Waals surface area (Å²) in [6, 6.07) is 13.3. The van der Waals surface area contributed by atoms with Crippen molar-refractivity contribution in [1.82, 2.24) is 15.1 Å². The van der Waals surface area contributed by atoms with E-state index in [1.165, 1.54) is 5.56 Å². The molecule has 0 spiro atoms. The first-order chi connectivity index (χ1) is 15.8. The molecular formula is C26H33N5O2. The van der Waals surface area contributed by atoms with Crippen LogP contribution in [0.3, 0.4) is 0 Å². The van der Waals surface area contributed by atoms with Crippen molar-refractivity contribution in [1.29, 1.82) is 0 Å². The number of hydrogen-bond acceptors (Lipinski definition) is 4. The smallest absolute Gasteiger partial charge is 0.257 e. The highest BCUT2D eigenvalue weighted by Gasteiger charge is 2.13. The fraction of sp³-hybridized carbons (Fsp3) is 0.346. The van der Waals surface area contributed by atoms with Crippen molar-refractivity contribution in [2.75, 3.05) is 19.0 Å². The fourth-order valence-corrected chi connectivity index (χ4v) is 3.73. The molecule has 0 aliphatic rings. The number of methoxy groups -OCH3 is 1. The number of benzene rings is 2. The third-order valence-corrected chi connectivity index (χ3v) is 5.62. The zero-order chi connectivity index (χ0) is 24.0. The van der Waals surface area contributed by atoms with Crippen LogP contribution in [0.2, 0.25) is 0 Å². The van der Waals surface area contributed by atoms with Gasteiger partial charge in [-0.1, -0.05) is 23.8 Å². The number of rotatable bonds is 7.